The molecule has 3 nitrogen and oxygen atoms in total. The summed E-state index contributed by atoms with van der Waals surface area (Å²) in [5.41, 5.74) is -0.667. The SMILES string of the molecule is CC(C)(C1CC1)[N+](=O)[O-]. The Morgan fingerprint density at radius 3 is 2.11 bits per heavy atom. The molecule has 0 N–H and O–H groups in total. The number of nitrogens with zero attached hydrogens (tertiary/aromatic N) is 1. The summed E-state index contributed by atoms with van der Waals surface area (Å²) < 4.78 is 0. The average molecular weight is 129 g/mol. The first kappa shape index (κ1) is 6.52. The maximum atomic E-state index is 10.3. The summed E-state index contributed by atoms with van der Waals surface area (Å²) >= 11 is 0. The zero-order chi connectivity index (χ0) is 7.07. The van der Waals surface area contributed by atoms with Crippen molar-refractivity contribution in [1.82, 2.24) is 0 Å². The summed E-state index contributed by atoms with van der Waals surface area (Å²) in [5.74, 6) is 0.340. The van der Waals surface area contributed by atoms with Crippen LogP contribution in [0.5, 0.6) is 0 Å². The summed E-state index contributed by atoms with van der Waals surface area (Å²) in [6, 6.07) is 0. The molecule has 9 heavy (non-hydrogen) atoms. The highest BCUT2D eigenvalue weighted by atomic mass is 16.6. The fourth-order valence-corrected chi connectivity index (χ4v) is 0.939. The first-order chi connectivity index (χ1) is 4.05. The molecule has 0 saturated heterocycles. The summed E-state index contributed by atoms with van der Waals surface area (Å²) in [4.78, 5) is 10.1. The summed E-state index contributed by atoms with van der Waals surface area (Å²) in [7, 11) is 0. The van der Waals surface area contributed by atoms with Gasteiger partial charge in [0.1, 0.15) is 0 Å². The molecule has 0 bridgehead atoms. The number of hydrogen-bond donors (Lipinski definition) is 0. The largest absolute Gasteiger partial charge is 0.264 e. The van der Waals surface area contributed by atoms with E-state index in [1.807, 2.05) is 0 Å². The molecule has 3 heteroatoms. The topological polar surface area (TPSA) is 43.1 Å². The number of rotatable bonds is 2. The van der Waals surface area contributed by atoms with Gasteiger partial charge in [0, 0.05) is 24.7 Å². The lowest BCUT2D eigenvalue weighted by Crippen LogP contribution is -2.33. The third kappa shape index (κ3) is 1.04. The van der Waals surface area contributed by atoms with Crippen LogP contribution in [-0.4, -0.2) is 10.5 Å². The molecule has 0 atom stereocenters. The van der Waals surface area contributed by atoms with Crippen molar-refractivity contribution >= 4 is 0 Å². The molecular weight excluding hydrogens is 118 g/mol. The van der Waals surface area contributed by atoms with Gasteiger partial charge in [-0.3, -0.25) is 10.1 Å². The molecule has 0 spiro atoms. The van der Waals surface area contributed by atoms with E-state index >= 15 is 0 Å². The van der Waals surface area contributed by atoms with Crippen LogP contribution in [0.4, 0.5) is 0 Å². The van der Waals surface area contributed by atoms with E-state index in [0.717, 1.165) is 12.8 Å². The third-order valence-electron chi connectivity index (χ3n) is 2.05. The molecule has 1 fully saturated rings. The van der Waals surface area contributed by atoms with Crippen molar-refractivity contribution in [3.05, 3.63) is 10.1 Å². The molecule has 1 saturated carbocycles. The summed E-state index contributed by atoms with van der Waals surface area (Å²) in [6.07, 6.45) is 2.07. The second-order valence-corrected chi connectivity index (χ2v) is 3.19. The highest BCUT2D eigenvalue weighted by Crippen LogP contribution is 2.40. The van der Waals surface area contributed by atoms with Gasteiger partial charge in [-0.25, -0.2) is 0 Å². The van der Waals surface area contributed by atoms with Gasteiger partial charge in [-0.15, -0.1) is 0 Å². The van der Waals surface area contributed by atoms with Crippen molar-refractivity contribution in [2.75, 3.05) is 0 Å². The van der Waals surface area contributed by atoms with Crippen LogP contribution < -0.4 is 0 Å². The molecule has 0 aromatic carbocycles. The quantitative estimate of drug-likeness (QED) is 0.418. The minimum atomic E-state index is -0.667. The van der Waals surface area contributed by atoms with Crippen molar-refractivity contribution in [3.63, 3.8) is 0 Å². The molecule has 0 unspecified atom stereocenters. The van der Waals surface area contributed by atoms with Crippen LogP contribution in [0.3, 0.4) is 0 Å². The van der Waals surface area contributed by atoms with Crippen molar-refractivity contribution in [2.45, 2.75) is 32.2 Å². The molecule has 0 radical (unpaired) electrons. The third-order valence-corrected chi connectivity index (χ3v) is 2.05. The second kappa shape index (κ2) is 1.69. The molecule has 1 aliphatic rings. The predicted molar refractivity (Wildman–Crippen MR) is 33.8 cm³/mol. The Morgan fingerprint density at radius 2 is 2.00 bits per heavy atom. The molecule has 0 heterocycles. The lowest BCUT2D eigenvalue weighted by molar-refractivity contribution is -0.565. The van der Waals surface area contributed by atoms with Crippen LogP contribution >= 0.6 is 0 Å². The van der Waals surface area contributed by atoms with Crippen molar-refractivity contribution in [3.8, 4) is 0 Å². The number of nitro groups is 1. The Morgan fingerprint density at radius 1 is 1.56 bits per heavy atom. The molecular formula is C6H11NO2. The van der Waals surface area contributed by atoms with E-state index in [-0.39, 0.29) is 4.92 Å². The van der Waals surface area contributed by atoms with Gasteiger partial charge < -0.3 is 0 Å². The van der Waals surface area contributed by atoms with Crippen LogP contribution in [0.25, 0.3) is 0 Å². The Kier molecular flexibility index (Phi) is 1.22. The van der Waals surface area contributed by atoms with E-state index in [2.05, 4.69) is 0 Å². The van der Waals surface area contributed by atoms with Gasteiger partial charge in [-0.2, -0.15) is 0 Å². The molecule has 0 aromatic rings. The number of hydrogen-bond acceptors (Lipinski definition) is 2. The Hall–Kier alpha value is -0.600. The van der Waals surface area contributed by atoms with Crippen molar-refractivity contribution in [1.29, 1.82) is 0 Å². The molecule has 1 aliphatic carbocycles. The monoisotopic (exact) mass is 129 g/mol. The Labute approximate surface area is 54.2 Å². The smallest absolute Gasteiger partial charge is 0.219 e. The maximum absolute atomic E-state index is 10.3. The zero-order valence-corrected chi connectivity index (χ0v) is 5.76. The van der Waals surface area contributed by atoms with Crippen molar-refractivity contribution < 1.29 is 4.92 Å². The van der Waals surface area contributed by atoms with Gasteiger partial charge in [0.2, 0.25) is 5.54 Å². The maximum Gasteiger partial charge on any atom is 0.219 e. The van der Waals surface area contributed by atoms with Crippen molar-refractivity contribution in [2.24, 2.45) is 5.92 Å². The molecule has 0 amide bonds. The average Bonchev–Trinajstić information content (AvgIpc) is 2.42. The summed E-state index contributed by atoms with van der Waals surface area (Å²) in [6.45, 7) is 3.40. The van der Waals surface area contributed by atoms with Crippen LogP contribution in [-0.2, 0) is 0 Å². The normalized spacial score (nSPS) is 19.8. The zero-order valence-electron chi connectivity index (χ0n) is 5.76. The van der Waals surface area contributed by atoms with E-state index in [9.17, 15) is 10.1 Å². The van der Waals surface area contributed by atoms with Gasteiger partial charge in [-0.1, -0.05) is 0 Å². The lowest BCUT2D eigenvalue weighted by Gasteiger charge is -2.12. The molecule has 0 aromatic heterocycles. The van der Waals surface area contributed by atoms with E-state index < -0.39 is 5.54 Å². The molecule has 1 rings (SSSR count). The highest BCUT2D eigenvalue weighted by Gasteiger charge is 2.47. The first-order valence-electron chi connectivity index (χ1n) is 3.19. The molecule has 0 aliphatic heterocycles. The molecule has 52 valence electrons. The van der Waals surface area contributed by atoms with Gasteiger partial charge in [-0.05, 0) is 12.8 Å². The van der Waals surface area contributed by atoms with Crippen LogP contribution in [0.15, 0.2) is 0 Å². The van der Waals surface area contributed by atoms with Crippen LogP contribution in [0, 0.1) is 16.0 Å². The van der Waals surface area contributed by atoms with E-state index in [1.165, 1.54) is 0 Å². The first-order valence-corrected chi connectivity index (χ1v) is 3.19. The van der Waals surface area contributed by atoms with Gasteiger partial charge in [0.25, 0.3) is 0 Å². The van der Waals surface area contributed by atoms with E-state index in [4.69, 9.17) is 0 Å². The fraction of sp³-hybridized carbons (Fsp3) is 1.00. The van der Waals surface area contributed by atoms with Crippen LogP contribution in [0.2, 0.25) is 0 Å². The fourth-order valence-electron chi connectivity index (χ4n) is 0.939. The van der Waals surface area contributed by atoms with Crippen LogP contribution in [0.1, 0.15) is 26.7 Å². The standard InChI is InChI=1S/C6H11NO2/c1-6(2,7(8)9)5-3-4-5/h5H,3-4H2,1-2H3. The minimum absolute atomic E-state index is 0.176. The minimum Gasteiger partial charge on any atom is -0.264 e. The predicted octanol–water partition coefficient (Wildman–Crippen LogP) is 1.45. The lowest BCUT2D eigenvalue weighted by atomic mass is 10.0. The van der Waals surface area contributed by atoms with Gasteiger partial charge >= 0.3 is 0 Å². The highest BCUT2D eigenvalue weighted by molar-refractivity contribution is 4.88. The summed E-state index contributed by atoms with van der Waals surface area (Å²) in [5, 5.41) is 10.3. The van der Waals surface area contributed by atoms with E-state index in [0.29, 0.717) is 5.92 Å². The Bertz CT molecular complexity index is 138. The van der Waals surface area contributed by atoms with Gasteiger partial charge in [0.15, 0.2) is 0 Å². The second-order valence-electron chi connectivity index (χ2n) is 3.19. The van der Waals surface area contributed by atoms with E-state index in [1.54, 1.807) is 13.8 Å². The Balaban J connectivity index is 2.59. The van der Waals surface area contributed by atoms with Gasteiger partial charge in [0.05, 0.1) is 0 Å².